The van der Waals surface area contributed by atoms with Gasteiger partial charge in [-0.15, -0.1) is 0 Å². The van der Waals surface area contributed by atoms with Gasteiger partial charge in [-0.25, -0.2) is 4.79 Å². The van der Waals surface area contributed by atoms with E-state index in [0.717, 1.165) is 0 Å². The molecule has 0 fully saturated rings. The summed E-state index contributed by atoms with van der Waals surface area (Å²) in [5.41, 5.74) is 6.74. The summed E-state index contributed by atoms with van der Waals surface area (Å²) in [6.45, 7) is 1.61. The first-order valence-electron chi connectivity index (χ1n) is 4.26. The van der Waals surface area contributed by atoms with Crippen LogP contribution in [0.2, 0.25) is 0 Å². The van der Waals surface area contributed by atoms with Crippen LogP contribution in [-0.4, -0.2) is 22.2 Å². The number of benzene rings is 1. The van der Waals surface area contributed by atoms with E-state index in [0.29, 0.717) is 11.3 Å². The van der Waals surface area contributed by atoms with Gasteiger partial charge in [-0.2, -0.15) is 0 Å². The molecule has 0 atom stereocenters. The molecule has 1 aromatic rings. The van der Waals surface area contributed by atoms with Crippen molar-refractivity contribution in [3.63, 3.8) is 0 Å². The molecule has 0 aromatic heterocycles. The van der Waals surface area contributed by atoms with Crippen molar-refractivity contribution in [2.24, 2.45) is 0 Å². The Morgan fingerprint density at radius 1 is 1.33 bits per heavy atom. The average molecular weight is 209 g/mol. The number of nitrogen functional groups attached to an aromatic ring is 1. The molecule has 0 amide bonds. The van der Waals surface area contributed by atoms with Crippen LogP contribution < -0.4 is 5.73 Å². The molecular formula is C10H11NO4. The van der Waals surface area contributed by atoms with E-state index in [4.69, 9.17) is 15.9 Å². The highest BCUT2D eigenvalue weighted by molar-refractivity contribution is 5.92. The van der Waals surface area contributed by atoms with E-state index in [1.165, 1.54) is 12.1 Å². The fourth-order valence-corrected chi connectivity index (χ4v) is 1.35. The minimum Gasteiger partial charge on any atom is -0.481 e. The van der Waals surface area contributed by atoms with E-state index >= 15 is 0 Å². The van der Waals surface area contributed by atoms with Crippen molar-refractivity contribution in [1.82, 2.24) is 0 Å². The number of aliphatic carboxylic acids is 1. The Balaban J connectivity index is 3.34. The Labute approximate surface area is 86.1 Å². The zero-order valence-corrected chi connectivity index (χ0v) is 8.15. The molecule has 0 bridgehead atoms. The first-order chi connectivity index (χ1) is 6.93. The molecule has 0 radical (unpaired) electrons. The maximum atomic E-state index is 10.8. The molecule has 5 nitrogen and oxygen atoms in total. The van der Waals surface area contributed by atoms with Gasteiger partial charge in [0.25, 0.3) is 0 Å². The summed E-state index contributed by atoms with van der Waals surface area (Å²) >= 11 is 0. The van der Waals surface area contributed by atoms with Crippen LogP contribution in [0.15, 0.2) is 12.1 Å². The molecule has 80 valence electrons. The second-order valence-electron chi connectivity index (χ2n) is 3.18. The Kier molecular flexibility index (Phi) is 2.94. The van der Waals surface area contributed by atoms with Crippen molar-refractivity contribution in [1.29, 1.82) is 0 Å². The third-order valence-corrected chi connectivity index (χ3v) is 2.20. The Morgan fingerprint density at radius 3 is 2.40 bits per heavy atom. The van der Waals surface area contributed by atoms with Crippen molar-refractivity contribution < 1.29 is 19.8 Å². The lowest BCUT2D eigenvalue weighted by molar-refractivity contribution is -0.136. The summed E-state index contributed by atoms with van der Waals surface area (Å²) in [4.78, 5) is 21.4. The number of hydrogen-bond acceptors (Lipinski definition) is 3. The number of carbonyl (C=O) groups is 2. The number of carboxylic acids is 2. The maximum Gasteiger partial charge on any atom is 0.335 e. The van der Waals surface area contributed by atoms with Crippen molar-refractivity contribution >= 4 is 17.6 Å². The molecule has 1 rings (SSSR count). The van der Waals surface area contributed by atoms with Gasteiger partial charge >= 0.3 is 11.9 Å². The number of nitrogens with two attached hydrogens (primary N) is 1. The Bertz CT molecular complexity index is 426. The van der Waals surface area contributed by atoms with Gasteiger partial charge in [-0.1, -0.05) is 0 Å². The molecule has 5 heteroatoms. The SMILES string of the molecule is Cc1c(N)ccc(C(=O)O)c1CC(=O)O. The predicted octanol–water partition coefficient (Wildman–Crippen LogP) is 0.903. The molecule has 0 unspecified atom stereocenters. The summed E-state index contributed by atoms with van der Waals surface area (Å²) < 4.78 is 0. The van der Waals surface area contributed by atoms with Crippen molar-refractivity contribution in [3.8, 4) is 0 Å². The zero-order chi connectivity index (χ0) is 11.6. The quantitative estimate of drug-likeness (QED) is 0.642. The molecule has 4 N–H and O–H groups in total. The molecule has 0 aliphatic rings. The van der Waals surface area contributed by atoms with Crippen LogP contribution in [0.25, 0.3) is 0 Å². The van der Waals surface area contributed by atoms with Crippen molar-refractivity contribution in [3.05, 3.63) is 28.8 Å². The Hall–Kier alpha value is -2.04. The van der Waals surface area contributed by atoms with Gasteiger partial charge in [0.05, 0.1) is 12.0 Å². The smallest absolute Gasteiger partial charge is 0.335 e. The van der Waals surface area contributed by atoms with Gasteiger partial charge in [-0.05, 0) is 30.2 Å². The first kappa shape index (κ1) is 11.0. The van der Waals surface area contributed by atoms with Gasteiger partial charge in [0.15, 0.2) is 0 Å². The van der Waals surface area contributed by atoms with E-state index in [-0.39, 0.29) is 17.5 Å². The minimum absolute atomic E-state index is 0.0101. The maximum absolute atomic E-state index is 10.8. The normalized spacial score (nSPS) is 9.93. The Morgan fingerprint density at radius 2 is 1.93 bits per heavy atom. The van der Waals surface area contributed by atoms with Crippen LogP contribution >= 0.6 is 0 Å². The van der Waals surface area contributed by atoms with Gasteiger partial charge in [0.1, 0.15) is 0 Å². The van der Waals surface area contributed by atoms with Gasteiger partial charge < -0.3 is 15.9 Å². The van der Waals surface area contributed by atoms with Crippen LogP contribution in [0.5, 0.6) is 0 Å². The molecule has 0 saturated carbocycles. The standard InChI is InChI=1S/C10H11NO4/c1-5-7(4-9(12)13)6(10(14)15)2-3-8(5)11/h2-3H,4,11H2,1H3,(H,12,13)(H,14,15). The molecule has 0 spiro atoms. The van der Waals surface area contributed by atoms with Crippen LogP contribution in [-0.2, 0) is 11.2 Å². The second kappa shape index (κ2) is 4.00. The van der Waals surface area contributed by atoms with Crippen LogP contribution in [0, 0.1) is 6.92 Å². The highest BCUT2D eigenvalue weighted by Gasteiger charge is 2.16. The molecule has 0 saturated heterocycles. The summed E-state index contributed by atoms with van der Waals surface area (Å²) in [5, 5.41) is 17.5. The highest BCUT2D eigenvalue weighted by atomic mass is 16.4. The first-order valence-corrected chi connectivity index (χ1v) is 4.26. The molecule has 0 aliphatic heterocycles. The van der Waals surface area contributed by atoms with Crippen LogP contribution in [0.1, 0.15) is 21.5 Å². The summed E-state index contributed by atoms with van der Waals surface area (Å²) in [6.07, 6.45) is -0.335. The molecule has 0 aliphatic carbocycles. The fourth-order valence-electron chi connectivity index (χ4n) is 1.35. The number of carboxylic acid groups (broad SMARTS) is 2. The number of rotatable bonds is 3. The van der Waals surface area contributed by atoms with Crippen molar-refractivity contribution in [2.75, 3.05) is 5.73 Å². The predicted molar refractivity (Wildman–Crippen MR) is 53.9 cm³/mol. The van der Waals surface area contributed by atoms with E-state index < -0.39 is 11.9 Å². The number of hydrogen-bond donors (Lipinski definition) is 3. The lowest BCUT2D eigenvalue weighted by Gasteiger charge is -2.09. The third kappa shape index (κ3) is 2.25. The van der Waals surface area contributed by atoms with E-state index in [9.17, 15) is 9.59 Å². The fraction of sp³-hybridized carbons (Fsp3) is 0.200. The van der Waals surface area contributed by atoms with E-state index in [1.54, 1.807) is 6.92 Å². The van der Waals surface area contributed by atoms with Crippen LogP contribution in [0.4, 0.5) is 5.69 Å². The third-order valence-electron chi connectivity index (χ3n) is 2.20. The van der Waals surface area contributed by atoms with E-state index in [2.05, 4.69) is 0 Å². The van der Waals surface area contributed by atoms with Crippen LogP contribution in [0.3, 0.4) is 0 Å². The highest BCUT2D eigenvalue weighted by Crippen LogP contribution is 2.21. The summed E-state index contributed by atoms with van der Waals surface area (Å²) in [6, 6.07) is 2.78. The lowest BCUT2D eigenvalue weighted by atomic mass is 9.97. The number of anilines is 1. The number of aromatic carboxylic acids is 1. The van der Waals surface area contributed by atoms with Gasteiger partial charge in [-0.3, -0.25) is 4.79 Å². The zero-order valence-electron chi connectivity index (χ0n) is 8.15. The van der Waals surface area contributed by atoms with Gasteiger partial charge in [0.2, 0.25) is 0 Å². The minimum atomic E-state index is -1.14. The van der Waals surface area contributed by atoms with Gasteiger partial charge in [0, 0.05) is 5.69 Å². The molecular weight excluding hydrogens is 198 g/mol. The largest absolute Gasteiger partial charge is 0.481 e. The second-order valence-corrected chi connectivity index (χ2v) is 3.18. The lowest BCUT2D eigenvalue weighted by Crippen LogP contribution is -2.11. The molecule has 1 aromatic carbocycles. The monoisotopic (exact) mass is 209 g/mol. The average Bonchev–Trinajstić information content (AvgIpc) is 2.12. The molecule has 0 heterocycles. The molecule has 15 heavy (non-hydrogen) atoms. The van der Waals surface area contributed by atoms with E-state index in [1.807, 2.05) is 0 Å². The summed E-state index contributed by atoms with van der Waals surface area (Å²) in [5.74, 6) is -2.22. The summed E-state index contributed by atoms with van der Waals surface area (Å²) in [7, 11) is 0. The topological polar surface area (TPSA) is 101 Å². The van der Waals surface area contributed by atoms with Crippen molar-refractivity contribution in [2.45, 2.75) is 13.3 Å².